The summed E-state index contributed by atoms with van der Waals surface area (Å²) in [5.41, 5.74) is 0. The van der Waals surface area contributed by atoms with Crippen LogP contribution in [0.5, 0.6) is 0 Å². The highest BCUT2D eigenvalue weighted by atomic mass is 35.5. The Morgan fingerprint density at radius 1 is 1.38 bits per heavy atom. The van der Waals surface area contributed by atoms with Crippen molar-refractivity contribution >= 4 is 27.7 Å². The number of carboxylic acids is 1. The molecule has 0 aliphatic rings. The fourth-order valence-corrected chi connectivity index (χ4v) is 2.06. The van der Waals surface area contributed by atoms with E-state index in [0.29, 0.717) is 5.02 Å². The van der Waals surface area contributed by atoms with Crippen molar-refractivity contribution < 1.29 is 22.5 Å². The minimum Gasteiger partial charge on any atom is -0.479 e. The largest absolute Gasteiger partial charge is 0.479 e. The molecule has 5 nitrogen and oxygen atoms in total. The van der Waals surface area contributed by atoms with E-state index in [1.807, 2.05) is 0 Å². The van der Waals surface area contributed by atoms with Gasteiger partial charge < -0.3 is 5.11 Å². The SMILES string of the molecule is C[C@H](OS(=O)(=O)c1ccc(Cl)cc1)C(=O)O. The van der Waals surface area contributed by atoms with E-state index < -0.39 is 22.2 Å². The third-order valence-corrected chi connectivity index (χ3v) is 3.36. The van der Waals surface area contributed by atoms with Crippen LogP contribution in [0.25, 0.3) is 0 Å². The second kappa shape index (κ2) is 4.82. The number of halogens is 1. The molecule has 88 valence electrons. The average molecular weight is 265 g/mol. The molecule has 0 fully saturated rings. The van der Waals surface area contributed by atoms with E-state index in [1.165, 1.54) is 24.3 Å². The van der Waals surface area contributed by atoms with Gasteiger partial charge in [-0.3, -0.25) is 4.18 Å². The smallest absolute Gasteiger partial charge is 0.334 e. The van der Waals surface area contributed by atoms with Crippen molar-refractivity contribution in [1.82, 2.24) is 0 Å². The van der Waals surface area contributed by atoms with E-state index in [2.05, 4.69) is 4.18 Å². The molecular formula is C9H9ClO5S. The van der Waals surface area contributed by atoms with Crippen molar-refractivity contribution in [2.45, 2.75) is 17.9 Å². The third kappa shape index (κ3) is 3.19. The van der Waals surface area contributed by atoms with Crippen molar-refractivity contribution in [2.24, 2.45) is 0 Å². The minimum atomic E-state index is -4.06. The molecule has 1 atom stereocenters. The van der Waals surface area contributed by atoms with Crippen molar-refractivity contribution in [2.75, 3.05) is 0 Å². The molecule has 0 amide bonds. The van der Waals surface area contributed by atoms with Gasteiger partial charge in [-0.15, -0.1) is 0 Å². The first kappa shape index (κ1) is 13.0. The molecule has 16 heavy (non-hydrogen) atoms. The summed E-state index contributed by atoms with van der Waals surface area (Å²) in [4.78, 5) is 10.3. The summed E-state index contributed by atoms with van der Waals surface area (Å²) in [6, 6.07) is 5.24. The molecule has 7 heteroatoms. The highest BCUT2D eigenvalue weighted by Gasteiger charge is 2.23. The molecule has 0 saturated carbocycles. The predicted molar refractivity (Wildman–Crippen MR) is 56.8 cm³/mol. The number of hydrogen-bond donors (Lipinski definition) is 1. The van der Waals surface area contributed by atoms with Crippen LogP contribution < -0.4 is 0 Å². The van der Waals surface area contributed by atoms with E-state index in [1.54, 1.807) is 0 Å². The Balaban J connectivity index is 2.94. The van der Waals surface area contributed by atoms with Gasteiger partial charge in [0.25, 0.3) is 10.1 Å². The summed E-state index contributed by atoms with van der Waals surface area (Å²) < 4.78 is 27.5. The average Bonchev–Trinajstić information content (AvgIpc) is 2.17. The van der Waals surface area contributed by atoms with E-state index in [9.17, 15) is 13.2 Å². The molecule has 0 spiro atoms. The Labute approximate surface area is 97.7 Å². The lowest BCUT2D eigenvalue weighted by Gasteiger charge is -2.08. The van der Waals surface area contributed by atoms with Crippen molar-refractivity contribution in [3.05, 3.63) is 29.3 Å². The maximum atomic E-state index is 11.5. The molecule has 1 N–H and O–H groups in total. The van der Waals surface area contributed by atoms with E-state index in [0.717, 1.165) is 6.92 Å². The van der Waals surface area contributed by atoms with Crippen molar-refractivity contribution in [1.29, 1.82) is 0 Å². The number of benzene rings is 1. The first-order chi connectivity index (χ1) is 7.33. The summed E-state index contributed by atoms with van der Waals surface area (Å²) in [5, 5.41) is 8.91. The number of carbonyl (C=O) groups is 1. The predicted octanol–water partition coefficient (Wildman–Crippen LogP) is 1.52. The molecule has 0 aromatic heterocycles. The fourth-order valence-electron chi connectivity index (χ4n) is 0.888. The van der Waals surface area contributed by atoms with Gasteiger partial charge in [0, 0.05) is 5.02 Å². The summed E-state index contributed by atoms with van der Waals surface area (Å²) in [6.45, 7) is 1.13. The van der Waals surface area contributed by atoms with Crippen LogP contribution >= 0.6 is 11.6 Å². The van der Waals surface area contributed by atoms with Crippen molar-refractivity contribution in [3.63, 3.8) is 0 Å². The van der Waals surface area contributed by atoms with E-state index in [-0.39, 0.29) is 4.90 Å². The van der Waals surface area contributed by atoms with Gasteiger partial charge in [-0.05, 0) is 31.2 Å². The zero-order valence-electron chi connectivity index (χ0n) is 8.25. The Hall–Kier alpha value is -1.11. The number of aliphatic carboxylic acids is 1. The standard InChI is InChI=1S/C9H9ClO5S/c1-6(9(11)12)15-16(13,14)8-4-2-7(10)3-5-8/h2-6H,1H3,(H,11,12)/t6-/m0/s1. The monoisotopic (exact) mass is 264 g/mol. The normalized spacial score (nSPS) is 13.4. The Kier molecular flexibility index (Phi) is 3.90. The minimum absolute atomic E-state index is 0.134. The van der Waals surface area contributed by atoms with Gasteiger partial charge in [0.05, 0.1) is 4.90 Å². The van der Waals surface area contributed by atoms with Gasteiger partial charge in [-0.1, -0.05) is 11.6 Å². The summed E-state index contributed by atoms with van der Waals surface area (Å²) in [7, 11) is -4.06. The van der Waals surface area contributed by atoms with Crippen LogP contribution in [0.1, 0.15) is 6.92 Å². The number of carboxylic acid groups (broad SMARTS) is 1. The Bertz CT molecular complexity index is 479. The maximum absolute atomic E-state index is 11.5. The molecule has 0 heterocycles. The van der Waals surface area contributed by atoms with Crippen LogP contribution in [0.15, 0.2) is 29.2 Å². The van der Waals surface area contributed by atoms with Crippen LogP contribution in [-0.2, 0) is 19.1 Å². The second-order valence-corrected chi connectivity index (χ2v) is 4.99. The van der Waals surface area contributed by atoms with Gasteiger partial charge in [0.1, 0.15) is 0 Å². The fraction of sp³-hybridized carbons (Fsp3) is 0.222. The van der Waals surface area contributed by atoms with E-state index >= 15 is 0 Å². The first-order valence-electron chi connectivity index (χ1n) is 4.24. The highest BCUT2D eigenvalue weighted by molar-refractivity contribution is 7.86. The second-order valence-electron chi connectivity index (χ2n) is 2.98. The van der Waals surface area contributed by atoms with Crippen LogP contribution in [0, 0.1) is 0 Å². The lowest BCUT2D eigenvalue weighted by atomic mass is 10.4. The third-order valence-electron chi connectivity index (χ3n) is 1.72. The van der Waals surface area contributed by atoms with Gasteiger partial charge in [-0.25, -0.2) is 4.79 Å². The molecule has 0 unspecified atom stereocenters. The highest BCUT2D eigenvalue weighted by Crippen LogP contribution is 2.17. The Morgan fingerprint density at radius 3 is 2.31 bits per heavy atom. The molecule has 0 aliphatic heterocycles. The molecule has 0 aliphatic carbocycles. The summed E-state index contributed by atoms with van der Waals surface area (Å²) in [5.74, 6) is -1.35. The maximum Gasteiger partial charge on any atom is 0.334 e. The lowest BCUT2D eigenvalue weighted by molar-refractivity contribution is -0.144. The molecule has 1 aromatic rings. The molecule has 0 bridgehead atoms. The topological polar surface area (TPSA) is 80.7 Å². The molecule has 0 radical (unpaired) electrons. The lowest BCUT2D eigenvalue weighted by Crippen LogP contribution is -2.23. The van der Waals surface area contributed by atoms with Crippen LogP contribution in [0.3, 0.4) is 0 Å². The number of rotatable bonds is 4. The van der Waals surface area contributed by atoms with Crippen molar-refractivity contribution in [3.8, 4) is 0 Å². The van der Waals surface area contributed by atoms with Crippen LogP contribution in [0.4, 0.5) is 0 Å². The van der Waals surface area contributed by atoms with Crippen LogP contribution in [0.2, 0.25) is 5.02 Å². The number of hydrogen-bond acceptors (Lipinski definition) is 4. The molecular weight excluding hydrogens is 256 g/mol. The first-order valence-corrected chi connectivity index (χ1v) is 6.03. The van der Waals surface area contributed by atoms with Crippen LogP contribution in [-0.4, -0.2) is 25.6 Å². The summed E-state index contributed by atoms with van der Waals surface area (Å²) in [6.07, 6.45) is -1.43. The van der Waals surface area contributed by atoms with E-state index in [4.69, 9.17) is 16.7 Å². The zero-order valence-corrected chi connectivity index (χ0v) is 9.83. The summed E-state index contributed by atoms with van der Waals surface area (Å²) >= 11 is 5.59. The molecule has 1 aromatic carbocycles. The molecule has 0 saturated heterocycles. The zero-order chi connectivity index (χ0) is 12.3. The van der Waals surface area contributed by atoms with Gasteiger partial charge >= 0.3 is 5.97 Å². The van der Waals surface area contributed by atoms with Gasteiger partial charge in [-0.2, -0.15) is 8.42 Å². The quantitative estimate of drug-likeness (QED) is 0.834. The van der Waals surface area contributed by atoms with Gasteiger partial charge in [0.15, 0.2) is 6.10 Å². The van der Waals surface area contributed by atoms with Gasteiger partial charge in [0.2, 0.25) is 0 Å². The molecule has 1 rings (SSSR count). The Morgan fingerprint density at radius 2 is 1.88 bits per heavy atom.